The van der Waals surface area contributed by atoms with Gasteiger partial charge in [0.05, 0.1) is 12.5 Å². The zero-order valence-corrected chi connectivity index (χ0v) is 15.6. The van der Waals surface area contributed by atoms with E-state index in [1.165, 1.54) is 16.7 Å². The number of nitrogens with one attached hydrogen (secondary N) is 1. The summed E-state index contributed by atoms with van der Waals surface area (Å²) in [7, 11) is 2.03. The second-order valence-corrected chi connectivity index (χ2v) is 6.97. The molecule has 0 aromatic heterocycles. The molecule has 26 heavy (non-hydrogen) atoms. The maximum atomic E-state index is 8.68. The summed E-state index contributed by atoms with van der Waals surface area (Å²) in [5.41, 5.74) is 5.45. The van der Waals surface area contributed by atoms with Crippen molar-refractivity contribution in [2.45, 2.75) is 25.9 Å². The molecule has 136 valence electrons. The highest BCUT2D eigenvalue weighted by Gasteiger charge is 2.14. The number of nitrogens with zero attached hydrogens (tertiary/aromatic N) is 3. The van der Waals surface area contributed by atoms with Crippen LogP contribution in [0, 0.1) is 11.3 Å². The highest BCUT2D eigenvalue weighted by molar-refractivity contribution is 5.46. The van der Waals surface area contributed by atoms with Crippen molar-refractivity contribution >= 4 is 5.69 Å². The van der Waals surface area contributed by atoms with Crippen molar-refractivity contribution in [2.75, 3.05) is 38.1 Å². The molecule has 0 unspecified atom stereocenters. The lowest BCUT2D eigenvalue weighted by molar-refractivity contribution is 0.254. The molecule has 0 bridgehead atoms. The fourth-order valence-electron chi connectivity index (χ4n) is 3.43. The van der Waals surface area contributed by atoms with Crippen LogP contribution in [0.25, 0.3) is 0 Å². The van der Waals surface area contributed by atoms with Gasteiger partial charge < -0.3 is 10.2 Å². The zero-order chi connectivity index (χ0) is 18.2. The van der Waals surface area contributed by atoms with Gasteiger partial charge in [0.25, 0.3) is 0 Å². The average molecular weight is 348 g/mol. The molecule has 1 aliphatic rings. The first kappa shape index (κ1) is 18.4. The number of hydrogen-bond acceptors (Lipinski definition) is 4. The Balaban J connectivity index is 1.38. The maximum Gasteiger partial charge on any atom is 0.0640 e. The molecule has 1 aliphatic heterocycles. The normalized spacial score (nSPS) is 13.8. The molecule has 0 radical (unpaired) electrons. The smallest absolute Gasteiger partial charge is 0.0640 e. The minimum atomic E-state index is 0.556. The van der Waals surface area contributed by atoms with E-state index in [4.69, 9.17) is 5.26 Å². The van der Waals surface area contributed by atoms with E-state index in [-0.39, 0.29) is 0 Å². The molecule has 0 amide bonds. The molecule has 4 heteroatoms. The predicted molar refractivity (Wildman–Crippen MR) is 107 cm³/mol. The van der Waals surface area contributed by atoms with Crippen molar-refractivity contribution in [2.24, 2.45) is 0 Å². The first-order valence-corrected chi connectivity index (χ1v) is 9.43. The summed E-state index contributed by atoms with van der Waals surface area (Å²) >= 11 is 0. The van der Waals surface area contributed by atoms with E-state index in [0.717, 1.165) is 51.4 Å². The Bertz CT molecular complexity index is 733. The first-order chi connectivity index (χ1) is 12.8. The number of rotatable bonds is 8. The molecule has 1 heterocycles. The molecule has 2 aromatic rings. The van der Waals surface area contributed by atoms with E-state index in [1.807, 2.05) is 7.05 Å². The van der Waals surface area contributed by atoms with Gasteiger partial charge in [-0.3, -0.25) is 4.90 Å². The van der Waals surface area contributed by atoms with Crippen molar-refractivity contribution in [1.29, 1.82) is 5.26 Å². The number of nitriles is 1. The summed E-state index contributed by atoms with van der Waals surface area (Å²) in [5, 5.41) is 12.2. The molecule has 0 atom stereocenters. The van der Waals surface area contributed by atoms with E-state index < -0.39 is 0 Å². The molecule has 0 saturated carbocycles. The third kappa shape index (κ3) is 5.08. The van der Waals surface area contributed by atoms with Crippen LogP contribution < -0.4 is 10.2 Å². The fourth-order valence-corrected chi connectivity index (χ4v) is 3.43. The van der Waals surface area contributed by atoms with Crippen LogP contribution in [-0.2, 0) is 19.5 Å². The minimum Gasteiger partial charge on any atom is -0.374 e. The van der Waals surface area contributed by atoms with Gasteiger partial charge in [-0.1, -0.05) is 36.4 Å². The lowest BCUT2D eigenvalue weighted by atomic mass is 10.00. The fraction of sp³-hybridized carbons (Fsp3) is 0.409. The van der Waals surface area contributed by atoms with Crippen molar-refractivity contribution in [3.05, 3.63) is 65.2 Å². The molecule has 0 spiro atoms. The van der Waals surface area contributed by atoms with Gasteiger partial charge in [-0.2, -0.15) is 5.26 Å². The van der Waals surface area contributed by atoms with Crippen LogP contribution >= 0.6 is 0 Å². The Morgan fingerprint density at radius 2 is 1.88 bits per heavy atom. The average Bonchev–Trinajstić information content (AvgIpc) is 2.69. The topological polar surface area (TPSA) is 42.3 Å². The predicted octanol–water partition coefficient (Wildman–Crippen LogP) is 3.18. The Kier molecular flexibility index (Phi) is 6.65. The Morgan fingerprint density at radius 1 is 1.12 bits per heavy atom. The molecule has 0 saturated heterocycles. The van der Waals surface area contributed by atoms with E-state index in [9.17, 15) is 0 Å². The minimum absolute atomic E-state index is 0.556. The Hall–Kier alpha value is -2.35. The van der Waals surface area contributed by atoms with Crippen molar-refractivity contribution in [3.63, 3.8) is 0 Å². The molecule has 0 aliphatic carbocycles. The lowest BCUT2D eigenvalue weighted by Crippen LogP contribution is -2.35. The van der Waals surface area contributed by atoms with Gasteiger partial charge in [0.1, 0.15) is 0 Å². The zero-order valence-electron chi connectivity index (χ0n) is 15.6. The van der Waals surface area contributed by atoms with Crippen LogP contribution in [-0.4, -0.2) is 38.1 Å². The summed E-state index contributed by atoms with van der Waals surface area (Å²) in [5.74, 6) is 0. The highest BCUT2D eigenvalue weighted by atomic mass is 15.1. The SMILES string of the molecule is CN(CCC#N)c1ccc(CNCCN2CCc3ccccc3C2)cc1. The van der Waals surface area contributed by atoms with Gasteiger partial charge in [-0.05, 0) is 35.2 Å². The van der Waals surface area contributed by atoms with E-state index in [1.54, 1.807) is 0 Å². The van der Waals surface area contributed by atoms with Crippen LogP contribution in [0.2, 0.25) is 0 Å². The van der Waals surface area contributed by atoms with Gasteiger partial charge >= 0.3 is 0 Å². The van der Waals surface area contributed by atoms with Gasteiger partial charge in [0.2, 0.25) is 0 Å². The molecule has 4 nitrogen and oxygen atoms in total. The number of hydrogen-bond donors (Lipinski definition) is 1. The molecule has 0 fully saturated rings. The summed E-state index contributed by atoms with van der Waals surface area (Å²) < 4.78 is 0. The van der Waals surface area contributed by atoms with Gasteiger partial charge in [-0.15, -0.1) is 0 Å². The van der Waals surface area contributed by atoms with Crippen molar-refractivity contribution in [1.82, 2.24) is 10.2 Å². The summed E-state index contributed by atoms with van der Waals surface area (Å²) in [6.45, 7) is 5.99. The van der Waals surface area contributed by atoms with Crippen LogP contribution in [0.4, 0.5) is 5.69 Å². The van der Waals surface area contributed by atoms with Gasteiger partial charge in [-0.25, -0.2) is 0 Å². The largest absolute Gasteiger partial charge is 0.374 e. The molecule has 1 N–H and O–H groups in total. The second-order valence-electron chi connectivity index (χ2n) is 6.97. The molecular formula is C22H28N4. The molecule has 3 rings (SSSR count). The van der Waals surface area contributed by atoms with E-state index in [2.05, 4.69) is 69.7 Å². The summed E-state index contributed by atoms with van der Waals surface area (Å²) in [6, 6.07) is 19.6. The van der Waals surface area contributed by atoms with E-state index in [0.29, 0.717) is 6.42 Å². The summed E-state index contributed by atoms with van der Waals surface area (Å²) in [4.78, 5) is 4.65. The molecule has 2 aromatic carbocycles. The summed E-state index contributed by atoms with van der Waals surface area (Å²) in [6.07, 6.45) is 1.72. The van der Waals surface area contributed by atoms with Crippen LogP contribution in [0.5, 0.6) is 0 Å². The van der Waals surface area contributed by atoms with Crippen LogP contribution in [0.15, 0.2) is 48.5 Å². The van der Waals surface area contributed by atoms with Crippen LogP contribution in [0.3, 0.4) is 0 Å². The van der Waals surface area contributed by atoms with Crippen LogP contribution in [0.1, 0.15) is 23.1 Å². The number of fused-ring (bicyclic) bond motifs is 1. The standard InChI is InChI=1S/C22H28N4/c1-25(14-4-12-23)22-9-7-19(8-10-22)17-24-13-16-26-15-11-20-5-2-3-6-21(20)18-26/h2-3,5-10,24H,4,11,13-18H2,1H3. The quantitative estimate of drug-likeness (QED) is 0.744. The number of benzene rings is 2. The van der Waals surface area contributed by atoms with E-state index >= 15 is 0 Å². The van der Waals surface area contributed by atoms with Gasteiger partial charge in [0.15, 0.2) is 0 Å². The van der Waals surface area contributed by atoms with Gasteiger partial charge in [0, 0.05) is 52.0 Å². The monoisotopic (exact) mass is 348 g/mol. The Labute approximate surface area is 157 Å². The van der Waals surface area contributed by atoms with Crippen molar-refractivity contribution < 1.29 is 0 Å². The second kappa shape index (κ2) is 9.38. The third-order valence-corrected chi connectivity index (χ3v) is 5.08. The third-order valence-electron chi connectivity index (χ3n) is 5.08. The Morgan fingerprint density at radius 3 is 2.65 bits per heavy atom. The van der Waals surface area contributed by atoms with Crippen molar-refractivity contribution in [3.8, 4) is 6.07 Å². The first-order valence-electron chi connectivity index (χ1n) is 9.43. The lowest BCUT2D eigenvalue weighted by Gasteiger charge is -2.28. The highest BCUT2D eigenvalue weighted by Crippen LogP contribution is 2.18. The molecular weight excluding hydrogens is 320 g/mol. The number of anilines is 1. The maximum absolute atomic E-state index is 8.68.